The Morgan fingerprint density at radius 3 is 3.00 bits per heavy atom. The number of hydrogen-bond acceptors (Lipinski definition) is 4. The Kier molecular flexibility index (Phi) is 2.64. The van der Waals surface area contributed by atoms with Crippen LogP contribution in [0.15, 0.2) is 18.5 Å². The summed E-state index contributed by atoms with van der Waals surface area (Å²) in [4.78, 5) is 0. The van der Waals surface area contributed by atoms with Crippen molar-refractivity contribution >= 4 is 0 Å². The molecular weight excluding hydrogens is 216 g/mol. The van der Waals surface area contributed by atoms with Gasteiger partial charge in [0.15, 0.2) is 0 Å². The van der Waals surface area contributed by atoms with E-state index in [1.807, 2.05) is 30.2 Å². The summed E-state index contributed by atoms with van der Waals surface area (Å²) >= 11 is 0. The van der Waals surface area contributed by atoms with E-state index >= 15 is 0 Å². The lowest BCUT2D eigenvalue weighted by molar-refractivity contribution is 0.624. The summed E-state index contributed by atoms with van der Waals surface area (Å²) in [5.74, 6) is 0. The molecule has 2 heterocycles. The molecule has 0 unspecified atom stereocenters. The first-order chi connectivity index (χ1) is 8.29. The molecule has 0 aliphatic heterocycles. The van der Waals surface area contributed by atoms with Gasteiger partial charge in [0, 0.05) is 32.0 Å². The lowest BCUT2D eigenvalue weighted by Crippen LogP contribution is -2.16. The average Bonchev–Trinajstić information content (AvgIpc) is 2.90. The Bertz CT molecular complexity index is 496. The van der Waals surface area contributed by atoms with Crippen LogP contribution in [0.4, 0.5) is 0 Å². The molecule has 17 heavy (non-hydrogen) atoms. The van der Waals surface area contributed by atoms with Gasteiger partial charge < -0.3 is 5.32 Å². The van der Waals surface area contributed by atoms with E-state index in [-0.39, 0.29) is 0 Å². The van der Waals surface area contributed by atoms with Crippen molar-refractivity contribution in [1.82, 2.24) is 30.1 Å². The van der Waals surface area contributed by atoms with Crippen molar-refractivity contribution < 1.29 is 0 Å². The lowest BCUT2D eigenvalue weighted by atomic mass is 10.4. The van der Waals surface area contributed by atoms with Crippen LogP contribution in [0.2, 0.25) is 0 Å². The maximum absolute atomic E-state index is 4.49. The van der Waals surface area contributed by atoms with Gasteiger partial charge >= 0.3 is 0 Å². The summed E-state index contributed by atoms with van der Waals surface area (Å²) in [6, 6.07) is 2.77. The van der Waals surface area contributed by atoms with Gasteiger partial charge in [0.25, 0.3) is 0 Å². The second-order valence-electron chi connectivity index (χ2n) is 4.54. The molecule has 1 N–H and O–H groups in total. The molecule has 2 aromatic rings. The third-order valence-electron chi connectivity index (χ3n) is 2.82. The van der Waals surface area contributed by atoms with Gasteiger partial charge in [-0.2, -0.15) is 5.10 Å². The van der Waals surface area contributed by atoms with E-state index in [0.717, 1.165) is 24.0 Å². The van der Waals surface area contributed by atoms with Gasteiger partial charge in [-0.15, -0.1) is 5.10 Å². The largest absolute Gasteiger partial charge is 0.308 e. The Hall–Kier alpha value is -1.69. The molecule has 0 spiro atoms. The van der Waals surface area contributed by atoms with E-state index in [1.165, 1.54) is 12.8 Å². The van der Waals surface area contributed by atoms with Crippen molar-refractivity contribution in [1.29, 1.82) is 0 Å². The molecule has 0 bridgehead atoms. The van der Waals surface area contributed by atoms with Gasteiger partial charge in [-0.05, 0) is 18.9 Å². The van der Waals surface area contributed by atoms with Crippen LogP contribution in [0.3, 0.4) is 0 Å². The summed E-state index contributed by atoms with van der Waals surface area (Å²) in [7, 11) is 1.87. The van der Waals surface area contributed by atoms with E-state index in [0.29, 0.717) is 6.54 Å². The van der Waals surface area contributed by atoms with Gasteiger partial charge in [0.05, 0.1) is 12.2 Å². The smallest absolute Gasteiger partial charge is 0.104 e. The zero-order valence-electron chi connectivity index (χ0n) is 9.87. The van der Waals surface area contributed by atoms with Crippen molar-refractivity contribution in [2.24, 2.45) is 7.05 Å². The van der Waals surface area contributed by atoms with Gasteiger partial charge in [0.2, 0.25) is 0 Å². The van der Waals surface area contributed by atoms with Crippen LogP contribution in [-0.4, -0.2) is 30.8 Å². The summed E-state index contributed by atoms with van der Waals surface area (Å²) in [5.41, 5.74) is 2.01. The molecule has 0 saturated heterocycles. The highest BCUT2D eigenvalue weighted by molar-refractivity contribution is 5.02. The SMILES string of the molecule is Cn1cc(Cn2ccc(CNC3CC3)n2)nn1. The molecule has 6 heteroatoms. The Balaban J connectivity index is 1.59. The molecule has 1 aliphatic carbocycles. The predicted octanol–water partition coefficient (Wildman–Crippen LogP) is 0.312. The fourth-order valence-corrected chi connectivity index (χ4v) is 1.76. The van der Waals surface area contributed by atoms with Crippen LogP contribution in [0, 0.1) is 0 Å². The Morgan fingerprint density at radius 2 is 2.29 bits per heavy atom. The topological polar surface area (TPSA) is 60.6 Å². The standard InChI is InChI=1S/C11H16N6/c1-16-7-11(13-15-16)8-17-5-4-10(14-17)6-12-9-2-3-9/h4-5,7,9,12H,2-3,6,8H2,1H3. The summed E-state index contributed by atoms with van der Waals surface area (Å²) in [5, 5.41) is 15.9. The van der Waals surface area contributed by atoms with E-state index in [9.17, 15) is 0 Å². The maximum Gasteiger partial charge on any atom is 0.104 e. The molecule has 0 atom stereocenters. The van der Waals surface area contributed by atoms with E-state index < -0.39 is 0 Å². The Morgan fingerprint density at radius 1 is 1.41 bits per heavy atom. The van der Waals surface area contributed by atoms with Crippen LogP contribution in [0.25, 0.3) is 0 Å². The molecule has 1 aliphatic rings. The number of hydrogen-bond donors (Lipinski definition) is 1. The van der Waals surface area contributed by atoms with Crippen molar-refractivity contribution in [3.8, 4) is 0 Å². The quantitative estimate of drug-likeness (QED) is 0.806. The third-order valence-corrected chi connectivity index (χ3v) is 2.82. The second-order valence-corrected chi connectivity index (χ2v) is 4.54. The zero-order valence-corrected chi connectivity index (χ0v) is 9.87. The predicted molar refractivity (Wildman–Crippen MR) is 62.2 cm³/mol. The van der Waals surface area contributed by atoms with Gasteiger partial charge in [0.1, 0.15) is 5.69 Å². The number of aromatic nitrogens is 5. The first-order valence-corrected chi connectivity index (χ1v) is 5.90. The number of aryl methyl sites for hydroxylation is 1. The minimum Gasteiger partial charge on any atom is -0.308 e. The first-order valence-electron chi connectivity index (χ1n) is 5.90. The van der Waals surface area contributed by atoms with Crippen molar-refractivity contribution in [2.75, 3.05) is 0 Å². The fraction of sp³-hybridized carbons (Fsp3) is 0.545. The number of nitrogens with one attached hydrogen (secondary N) is 1. The normalized spacial score (nSPS) is 15.4. The van der Waals surface area contributed by atoms with E-state index in [2.05, 4.69) is 20.7 Å². The minimum atomic E-state index is 0.678. The highest BCUT2D eigenvalue weighted by Gasteiger charge is 2.20. The van der Waals surface area contributed by atoms with Gasteiger partial charge in [-0.1, -0.05) is 5.21 Å². The maximum atomic E-state index is 4.49. The molecule has 1 saturated carbocycles. The van der Waals surface area contributed by atoms with Crippen molar-refractivity contribution in [3.63, 3.8) is 0 Å². The average molecular weight is 232 g/mol. The monoisotopic (exact) mass is 232 g/mol. The number of rotatable bonds is 5. The van der Waals surface area contributed by atoms with Crippen molar-refractivity contribution in [3.05, 3.63) is 29.8 Å². The molecular formula is C11H16N6. The molecule has 0 radical (unpaired) electrons. The fourth-order valence-electron chi connectivity index (χ4n) is 1.76. The van der Waals surface area contributed by atoms with E-state index in [1.54, 1.807) is 4.68 Å². The van der Waals surface area contributed by atoms with Gasteiger partial charge in [-0.25, -0.2) is 0 Å². The van der Waals surface area contributed by atoms with Crippen LogP contribution in [-0.2, 0) is 20.1 Å². The highest BCUT2D eigenvalue weighted by atomic mass is 15.4. The van der Waals surface area contributed by atoms with Crippen molar-refractivity contribution in [2.45, 2.75) is 32.0 Å². The Labute approximate surface area is 99.6 Å². The summed E-state index contributed by atoms with van der Waals surface area (Å²) in [6.07, 6.45) is 6.50. The molecule has 0 aromatic carbocycles. The lowest BCUT2D eigenvalue weighted by Gasteiger charge is -1.99. The molecule has 90 valence electrons. The van der Waals surface area contributed by atoms with Crippen LogP contribution >= 0.6 is 0 Å². The summed E-state index contributed by atoms with van der Waals surface area (Å²) < 4.78 is 3.60. The molecule has 3 rings (SSSR count). The van der Waals surface area contributed by atoms with Crippen LogP contribution in [0.5, 0.6) is 0 Å². The van der Waals surface area contributed by atoms with Crippen LogP contribution in [0.1, 0.15) is 24.2 Å². The highest BCUT2D eigenvalue weighted by Crippen LogP contribution is 2.18. The number of nitrogens with zero attached hydrogens (tertiary/aromatic N) is 5. The van der Waals surface area contributed by atoms with Crippen LogP contribution < -0.4 is 5.32 Å². The minimum absolute atomic E-state index is 0.678. The molecule has 6 nitrogen and oxygen atoms in total. The molecule has 0 amide bonds. The van der Waals surface area contributed by atoms with E-state index in [4.69, 9.17) is 0 Å². The second kappa shape index (κ2) is 4.29. The molecule has 2 aromatic heterocycles. The third kappa shape index (κ3) is 2.71. The van der Waals surface area contributed by atoms with Gasteiger partial charge in [-0.3, -0.25) is 9.36 Å². The first kappa shape index (κ1) is 10.5. The molecule has 1 fully saturated rings. The summed E-state index contributed by atoms with van der Waals surface area (Å²) in [6.45, 7) is 1.54. The zero-order chi connectivity index (χ0) is 11.7.